The van der Waals surface area contributed by atoms with Crippen LogP contribution in [0.3, 0.4) is 0 Å². The van der Waals surface area contributed by atoms with Crippen molar-refractivity contribution in [1.29, 1.82) is 0 Å². The molecule has 0 fully saturated rings. The molecular weight excluding hydrogens is 439 g/mol. The van der Waals surface area contributed by atoms with E-state index in [0.717, 1.165) is 40.2 Å². The Hall–Kier alpha value is -1.99. The fourth-order valence-corrected chi connectivity index (χ4v) is 5.73. The third-order valence-electron chi connectivity index (χ3n) is 5.70. The molecule has 0 aliphatic heterocycles. The van der Waals surface area contributed by atoms with E-state index in [9.17, 15) is 4.79 Å². The average molecular weight is 461 g/mol. The third-order valence-corrected chi connectivity index (χ3v) is 7.46. The van der Waals surface area contributed by atoms with Crippen LogP contribution in [0.15, 0.2) is 30.6 Å². The van der Waals surface area contributed by atoms with Crippen molar-refractivity contribution >= 4 is 40.4 Å². The quantitative estimate of drug-likeness (QED) is 0.543. The predicted octanol–water partition coefficient (Wildman–Crippen LogP) is 4.95. The maximum Gasteiger partial charge on any atom is 0.259 e. The van der Waals surface area contributed by atoms with Crippen molar-refractivity contribution in [3.05, 3.63) is 67.9 Å². The number of nitrogens with zero attached hydrogens (tertiary/aromatic N) is 2. The van der Waals surface area contributed by atoms with Crippen LogP contribution < -0.4 is 11.5 Å². The van der Waals surface area contributed by atoms with Crippen LogP contribution in [0.25, 0.3) is 10.6 Å². The number of halogens is 2. The largest absolute Gasteiger partial charge is 0.365 e. The van der Waals surface area contributed by atoms with Gasteiger partial charge >= 0.3 is 0 Å². The second-order valence-corrected chi connectivity index (χ2v) is 9.55. The molecule has 2 aromatic heterocycles. The Balaban J connectivity index is 1.76. The highest BCUT2D eigenvalue weighted by Crippen LogP contribution is 2.42. The van der Waals surface area contributed by atoms with E-state index in [1.54, 1.807) is 18.5 Å². The van der Waals surface area contributed by atoms with Crippen LogP contribution in [0.1, 0.15) is 57.2 Å². The molecular formula is C22H22Cl2N4OS. The summed E-state index contributed by atoms with van der Waals surface area (Å²) in [4.78, 5) is 22.7. The number of thiophene rings is 1. The highest BCUT2D eigenvalue weighted by Gasteiger charge is 2.28. The van der Waals surface area contributed by atoms with E-state index >= 15 is 0 Å². The van der Waals surface area contributed by atoms with Gasteiger partial charge in [-0.05, 0) is 61.1 Å². The summed E-state index contributed by atoms with van der Waals surface area (Å²) in [5, 5.41) is 1.16. The first-order chi connectivity index (χ1) is 14.4. The van der Waals surface area contributed by atoms with Gasteiger partial charge in [0.1, 0.15) is 6.33 Å². The number of primary amides is 1. The summed E-state index contributed by atoms with van der Waals surface area (Å²) in [6.07, 6.45) is 4.19. The van der Waals surface area contributed by atoms with Gasteiger partial charge in [0.15, 0.2) is 0 Å². The average Bonchev–Trinajstić information content (AvgIpc) is 3.32. The molecule has 3 aromatic rings. The number of aromatic nitrogens is 2. The zero-order valence-corrected chi connectivity index (χ0v) is 18.8. The first-order valence-electron chi connectivity index (χ1n) is 9.80. The Morgan fingerprint density at radius 2 is 2.10 bits per heavy atom. The molecule has 0 radical (unpaired) electrons. The van der Waals surface area contributed by atoms with Gasteiger partial charge in [0.2, 0.25) is 0 Å². The second kappa shape index (κ2) is 8.63. The smallest absolute Gasteiger partial charge is 0.259 e. The van der Waals surface area contributed by atoms with Crippen molar-refractivity contribution in [2.45, 2.75) is 38.0 Å². The summed E-state index contributed by atoms with van der Waals surface area (Å²) in [6, 6.07) is 7.42. The molecule has 2 heterocycles. The Morgan fingerprint density at radius 3 is 2.80 bits per heavy atom. The van der Waals surface area contributed by atoms with Crippen molar-refractivity contribution < 1.29 is 4.79 Å². The van der Waals surface area contributed by atoms with E-state index in [1.807, 2.05) is 12.1 Å². The van der Waals surface area contributed by atoms with Gasteiger partial charge in [0.25, 0.3) is 5.91 Å². The number of rotatable bonds is 6. The van der Waals surface area contributed by atoms with Crippen LogP contribution in [0, 0.1) is 0 Å². The molecule has 0 spiro atoms. The summed E-state index contributed by atoms with van der Waals surface area (Å²) < 4.78 is 0. The Morgan fingerprint density at radius 1 is 1.30 bits per heavy atom. The van der Waals surface area contributed by atoms with Gasteiger partial charge in [0, 0.05) is 27.2 Å². The number of benzene rings is 1. The molecule has 1 aromatic carbocycles. The molecule has 5 nitrogen and oxygen atoms in total. The Bertz CT molecular complexity index is 1110. The zero-order valence-electron chi connectivity index (χ0n) is 16.5. The minimum Gasteiger partial charge on any atom is -0.365 e. The SMILES string of the molecule is C[C@@H]1CCc2ncnc(-c3cc([C@@H](CN)Cc4ccc(Cl)cc4Cl)c(C(N)=O)s3)c21. The fourth-order valence-electron chi connectivity index (χ4n) is 4.13. The minimum atomic E-state index is -0.458. The van der Waals surface area contributed by atoms with E-state index in [0.29, 0.717) is 33.8 Å². The van der Waals surface area contributed by atoms with E-state index in [1.165, 1.54) is 16.9 Å². The highest BCUT2D eigenvalue weighted by molar-refractivity contribution is 7.17. The number of nitrogens with two attached hydrogens (primary N) is 2. The maximum absolute atomic E-state index is 12.3. The fraction of sp³-hybridized carbons (Fsp3) is 0.318. The Kier molecular flexibility index (Phi) is 6.11. The van der Waals surface area contributed by atoms with Gasteiger partial charge in [-0.2, -0.15) is 0 Å². The molecule has 4 N–H and O–H groups in total. The van der Waals surface area contributed by atoms with Crippen LogP contribution in [-0.2, 0) is 12.8 Å². The lowest BCUT2D eigenvalue weighted by Crippen LogP contribution is -2.19. The van der Waals surface area contributed by atoms with Crippen molar-refractivity contribution in [2.75, 3.05) is 6.54 Å². The second-order valence-electron chi connectivity index (χ2n) is 7.65. The van der Waals surface area contributed by atoms with E-state index in [4.69, 9.17) is 34.7 Å². The molecule has 0 bridgehead atoms. The van der Waals surface area contributed by atoms with Gasteiger partial charge in [-0.25, -0.2) is 9.97 Å². The van der Waals surface area contributed by atoms with Gasteiger partial charge < -0.3 is 11.5 Å². The predicted molar refractivity (Wildman–Crippen MR) is 123 cm³/mol. The molecule has 8 heteroatoms. The maximum atomic E-state index is 12.3. The molecule has 0 unspecified atom stereocenters. The topological polar surface area (TPSA) is 94.9 Å². The van der Waals surface area contributed by atoms with Crippen LogP contribution >= 0.6 is 34.5 Å². The molecule has 1 amide bonds. The lowest BCUT2D eigenvalue weighted by Gasteiger charge is -2.16. The van der Waals surface area contributed by atoms with Crippen LogP contribution in [0.2, 0.25) is 10.0 Å². The van der Waals surface area contributed by atoms with Crippen molar-refractivity contribution in [3.8, 4) is 10.6 Å². The van der Waals surface area contributed by atoms with Crippen LogP contribution in [0.4, 0.5) is 0 Å². The number of aryl methyl sites for hydroxylation is 1. The van der Waals surface area contributed by atoms with E-state index < -0.39 is 5.91 Å². The lowest BCUT2D eigenvalue weighted by atomic mass is 9.91. The monoisotopic (exact) mass is 460 g/mol. The molecule has 0 saturated heterocycles. The Labute approximate surface area is 189 Å². The number of fused-ring (bicyclic) bond motifs is 1. The number of carbonyl (C=O) groups is 1. The normalized spacial score (nSPS) is 16.5. The van der Waals surface area contributed by atoms with Gasteiger partial charge in [-0.15, -0.1) is 11.3 Å². The van der Waals surface area contributed by atoms with E-state index in [-0.39, 0.29) is 5.92 Å². The standard InChI is InChI=1S/C22H22Cl2N4OS/c1-11-2-5-17-19(11)20(28-10-27-17)18-8-15(21(30-18)22(26)29)13(9-25)6-12-3-4-14(23)7-16(12)24/h3-4,7-8,10-11,13H,2,5-6,9,25H2,1H3,(H2,26,29)/t11-,13-/m1/s1. The van der Waals surface area contributed by atoms with Crippen molar-refractivity contribution in [3.63, 3.8) is 0 Å². The number of hydrogen-bond donors (Lipinski definition) is 2. The molecule has 2 atom stereocenters. The third kappa shape index (κ3) is 3.97. The minimum absolute atomic E-state index is 0.108. The number of carbonyl (C=O) groups excluding carboxylic acids is 1. The number of amides is 1. The summed E-state index contributed by atoms with van der Waals surface area (Å²) in [7, 11) is 0. The van der Waals surface area contributed by atoms with Gasteiger partial charge in [0.05, 0.1) is 15.4 Å². The summed E-state index contributed by atoms with van der Waals surface area (Å²) >= 11 is 13.8. The first kappa shape index (κ1) is 21.2. The molecule has 1 aliphatic carbocycles. The van der Waals surface area contributed by atoms with Crippen LogP contribution in [0.5, 0.6) is 0 Å². The summed E-state index contributed by atoms with van der Waals surface area (Å²) in [5.41, 5.74) is 16.8. The van der Waals surface area contributed by atoms with Crippen molar-refractivity contribution in [1.82, 2.24) is 9.97 Å². The highest BCUT2D eigenvalue weighted by atomic mass is 35.5. The zero-order chi connectivity index (χ0) is 21.4. The lowest BCUT2D eigenvalue weighted by molar-refractivity contribution is 0.100. The molecule has 4 rings (SSSR count). The van der Waals surface area contributed by atoms with Gasteiger partial charge in [-0.3, -0.25) is 4.79 Å². The van der Waals surface area contributed by atoms with E-state index in [2.05, 4.69) is 16.9 Å². The molecule has 30 heavy (non-hydrogen) atoms. The number of hydrogen-bond acceptors (Lipinski definition) is 5. The molecule has 1 aliphatic rings. The van der Waals surface area contributed by atoms with Crippen molar-refractivity contribution in [2.24, 2.45) is 11.5 Å². The molecule has 156 valence electrons. The molecule has 0 saturated carbocycles. The summed E-state index contributed by atoms with van der Waals surface area (Å²) in [5.74, 6) is -0.180. The van der Waals surface area contributed by atoms with Crippen LogP contribution in [-0.4, -0.2) is 22.4 Å². The van der Waals surface area contributed by atoms with Gasteiger partial charge in [-0.1, -0.05) is 36.2 Å². The first-order valence-corrected chi connectivity index (χ1v) is 11.4. The summed E-state index contributed by atoms with van der Waals surface area (Å²) in [6.45, 7) is 2.54.